The van der Waals surface area contributed by atoms with Gasteiger partial charge in [-0.3, -0.25) is 4.68 Å². The van der Waals surface area contributed by atoms with Crippen LogP contribution in [0.4, 0.5) is 0 Å². The number of carbonyl (C=O) groups excluding carboxylic acids is 1. The number of ether oxygens (including phenoxy) is 2. The molecule has 2 aromatic rings. The van der Waals surface area contributed by atoms with Crippen molar-refractivity contribution in [1.29, 1.82) is 5.26 Å². The maximum absolute atomic E-state index is 11.3. The van der Waals surface area contributed by atoms with Crippen molar-refractivity contribution in [2.75, 3.05) is 6.79 Å². The van der Waals surface area contributed by atoms with Gasteiger partial charge >= 0.3 is 5.97 Å². The van der Waals surface area contributed by atoms with Gasteiger partial charge in [0.2, 0.25) is 6.79 Å². The predicted octanol–water partition coefficient (Wildman–Crippen LogP) is 4.12. The molecule has 0 saturated carbocycles. The lowest BCUT2D eigenvalue weighted by Gasteiger charge is -2.19. The summed E-state index contributed by atoms with van der Waals surface area (Å²) in [5, 5.41) is 14.2. The van der Waals surface area contributed by atoms with Gasteiger partial charge in [0.15, 0.2) is 5.76 Å². The van der Waals surface area contributed by atoms with Gasteiger partial charge in [0.1, 0.15) is 17.3 Å². The van der Waals surface area contributed by atoms with E-state index in [4.69, 9.17) is 9.47 Å². The van der Waals surface area contributed by atoms with Crippen molar-refractivity contribution in [1.82, 2.24) is 9.78 Å². The molecule has 1 heterocycles. The Bertz CT molecular complexity index is 939. The van der Waals surface area contributed by atoms with Crippen LogP contribution in [0.25, 0.3) is 11.3 Å². The van der Waals surface area contributed by atoms with E-state index < -0.39 is 5.97 Å². The van der Waals surface area contributed by atoms with E-state index in [1.54, 1.807) is 11.7 Å². The molecule has 0 aliphatic heterocycles. The van der Waals surface area contributed by atoms with E-state index in [-0.39, 0.29) is 12.2 Å². The SMILES string of the molecule is C=CC(=O)OCO/C(=C(/C#N)c1ccc(C(C)(C)C)cc1)c1cc(C)nn1C. The minimum Gasteiger partial charge on any atom is -0.454 e. The molecule has 0 aliphatic rings. The number of carbonyl (C=O) groups is 1. The molecule has 2 rings (SSSR count). The fourth-order valence-corrected chi connectivity index (χ4v) is 2.69. The first kappa shape index (κ1) is 21.0. The molecule has 6 nitrogen and oxygen atoms in total. The molecular weight excluding hydrogens is 354 g/mol. The minimum absolute atomic E-state index is 0.00637. The minimum atomic E-state index is -0.603. The van der Waals surface area contributed by atoms with Crippen molar-refractivity contribution in [2.45, 2.75) is 33.1 Å². The summed E-state index contributed by atoms with van der Waals surface area (Å²) in [5.41, 5.74) is 3.60. The van der Waals surface area contributed by atoms with Gasteiger partial charge in [-0.15, -0.1) is 0 Å². The maximum Gasteiger partial charge on any atom is 0.333 e. The van der Waals surface area contributed by atoms with Gasteiger partial charge < -0.3 is 9.47 Å². The number of benzene rings is 1. The third-order valence-electron chi connectivity index (χ3n) is 4.18. The van der Waals surface area contributed by atoms with Crippen LogP contribution in [0.1, 0.15) is 43.3 Å². The van der Waals surface area contributed by atoms with E-state index in [2.05, 4.69) is 38.5 Å². The number of aryl methyl sites for hydroxylation is 2. The van der Waals surface area contributed by atoms with Gasteiger partial charge in [-0.05, 0) is 29.5 Å². The predicted molar refractivity (Wildman–Crippen MR) is 108 cm³/mol. The molecule has 0 amide bonds. The zero-order valence-corrected chi connectivity index (χ0v) is 16.9. The fraction of sp³-hybridized carbons (Fsp3) is 0.318. The number of hydrogen-bond donors (Lipinski definition) is 0. The number of allylic oxidation sites excluding steroid dienone is 1. The average Bonchev–Trinajstić information content (AvgIpc) is 2.98. The molecule has 28 heavy (non-hydrogen) atoms. The second kappa shape index (κ2) is 8.57. The van der Waals surface area contributed by atoms with E-state index in [0.29, 0.717) is 22.6 Å². The van der Waals surface area contributed by atoms with E-state index in [1.807, 2.05) is 37.3 Å². The van der Waals surface area contributed by atoms with Gasteiger partial charge in [-0.1, -0.05) is 51.6 Å². The Morgan fingerprint density at radius 3 is 2.39 bits per heavy atom. The number of nitriles is 1. The molecule has 0 fully saturated rings. The highest BCUT2D eigenvalue weighted by Crippen LogP contribution is 2.29. The first-order valence-electron chi connectivity index (χ1n) is 8.85. The van der Waals surface area contributed by atoms with E-state index >= 15 is 0 Å². The smallest absolute Gasteiger partial charge is 0.333 e. The monoisotopic (exact) mass is 379 g/mol. The molecule has 6 heteroatoms. The summed E-state index contributed by atoms with van der Waals surface area (Å²) in [7, 11) is 1.76. The van der Waals surface area contributed by atoms with Gasteiger partial charge in [0, 0.05) is 13.1 Å². The molecule has 0 unspecified atom stereocenters. The maximum atomic E-state index is 11.3. The van der Waals surface area contributed by atoms with Crippen LogP contribution in [0.15, 0.2) is 43.0 Å². The molecule has 0 radical (unpaired) electrons. The quantitative estimate of drug-likeness (QED) is 0.248. The Labute approximate surface area is 165 Å². The first-order chi connectivity index (χ1) is 13.2. The Morgan fingerprint density at radius 2 is 1.93 bits per heavy atom. The van der Waals surface area contributed by atoms with Crippen LogP contribution in [0.2, 0.25) is 0 Å². The molecule has 1 aromatic heterocycles. The van der Waals surface area contributed by atoms with Crippen LogP contribution in [0.3, 0.4) is 0 Å². The van der Waals surface area contributed by atoms with Gasteiger partial charge in [0.05, 0.1) is 5.69 Å². The fourth-order valence-electron chi connectivity index (χ4n) is 2.69. The lowest BCUT2D eigenvalue weighted by Crippen LogP contribution is -2.11. The second-order valence-corrected chi connectivity index (χ2v) is 7.37. The summed E-state index contributed by atoms with van der Waals surface area (Å²) in [6.07, 6.45) is 1.05. The molecule has 1 aromatic carbocycles. The van der Waals surface area contributed by atoms with Crippen LogP contribution in [-0.4, -0.2) is 22.5 Å². The van der Waals surface area contributed by atoms with Crippen LogP contribution in [-0.2, 0) is 26.7 Å². The Kier molecular flexibility index (Phi) is 6.42. The van der Waals surface area contributed by atoms with Crippen LogP contribution in [0.5, 0.6) is 0 Å². The molecule has 0 N–H and O–H groups in total. The molecular formula is C22H25N3O3. The van der Waals surface area contributed by atoms with E-state index in [0.717, 1.165) is 17.3 Å². The van der Waals surface area contributed by atoms with Crippen LogP contribution in [0, 0.1) is 18.3 Å². The summed E-state index contributed by atoms with van der Waals surface area (Å²) in [4.78, 5) is 11.3. The Morgan fingerprint density at radius 1 is 1.29 bits per heavy atom. The van der Waals surface area contributed by atoms with E-state index in [1.165, 1.54) is 0 Å². The Hall–Kier alpha value is -3.33. The summed E-state index contributed by atoms with van der Waals surface area (Å²) >= 11 is 0. The topological polar surface area (TPSA) is 77.1 Å². The van der Waals surface area contributed by atoms with Crippen LogP contribution < -0.4 is 0 Å². The number of nitrogens with zero attached hydrogens (tertiary/aromatic N) is 3. The Balaban J connectivity index is 2.51. The summed E-state index contributed by atoms with van der Waals surface area (Å²) in [6, 6.07) is 11.8. The van der Waals surface area contributed by atoms with Crippen molar-refractivity contribution in [3.8, 4) is 6.07 Å². The number of esters is 1. The standard InChI is InChI=1S/C22H25N3O3/c1-7-20(26)27-14-28-21(19-12-15(2)24-25(19)6)18(13-23)16-8-10-17(11-9-16)22(3,4)5/h7-12H,1,14H2,2-6H3/b21-18-. The van der Waals surface area contributed by atoms with Crippen molar-refractivity contribution in [3.05, 3.63) is 65.5 Å². The first-order valence-corrected chi connectivity index (χ1v) is 8.85. The number of aromatic nitrogens is 2. The van der Waals surface area contributed by atoms with Crippen LogP contribution >= 0.6 is 0 Å². The number of rotatable bonds is 6. The average molecular weight is 379 g/mol. The number of hydrogen-bond acceptors (Lipinski definition) is 5. The molecule has 0 saturated heterocycles. The van der Waals surface area contributed by atoms with E-state index in [9.17, 15) is 10.1 Å². The lowest BCUT2D eigenvalue weighted by molar-refractivity contribution is -0.145. The normalized spacial score (nSPS) is 12.0. The van der Waals surface area contributed by atoms with Gasteiger partial charge in [-0.25, -0.2) is 4.79 Å². The molecule has 0 spiro atoms. The van der Waals surface area contributed by atoms with Crippen molar-refractivity contribution in [2.24, 2.45) is 7.05 Å². The summed E-state index contributed by atoms with van der Waals surface area (Å²) in [6.45, 7) is 11.3. The van der Waals surface area contributed by atoms with Crippen molar-refractivity contribution >= 4 is 17.3 Å². The molecule has 0 aliphatic carbocycles. The van der Waals surface area contributed by atoms with Crippen molar-refractivity contribution in [3.63, 3.8) is 0 Å². The third-order valence-corrected chi connectivity index (χ3v) is 4.18. The highest BCUT2D eigenvalue weighted by molar-refractivity contribution is 5.94. The lowest BCUT2D eigenvalue weighted by atomic mass is 9.86. The molecule has 146 valence electrons. The largest absolute Gasteiger partial charge is 0.454 e. The van der Waals surface area contributed by atoms with Gasteiger partial charge in [-0.2, -0.15) is 10.4 Å². The summed E-state index contributed by atoms with van der Waals surface area (Å²) in [5.74, 6) is -0.306. The highest BCUT2D eigenvalue weighted by Gasteiger charge is 2.19. The zero-order valence-electron chi connectivity index (χ0n) is 16.9. The van der Waals surface area contributed by atoms with Gasteiger partial charge in [0.25, 0.3) is 0 Å². The zero-order chi connectivity index (χ0) is 20.9. The summed E-state index contributed by atoms with van der Waals surface area (Å²) < 4.78 is 12.3. The molecule has 0 atom stereocenters. The highest BCUT2D eigenvalue weighted by atomic mass is 16.7. The van der Waals surface area contributed by atoms with Crippen molar-refractivity contribution < 1.29 is 14.3 Å². The third kappa shape index (κ3) is 4.89. The second-order valence-electron chi connectivity index (χ2n) is 7.37. The molecule has 0 bridgehead atoms.